The fourth-order valence-corrected chi connectivity index (χ4v) is 0.779. The van der Waals surface area contributed by atoms with Crippen LogP contribution in [-0.4, -0.2) is 6.67 Å². The van der Waals surface area contributed by atoms with Crippen molar-refractivity contribution in [3.63, 3.8) is 0 Å². The Morgan fingerprint density at radius 1 is 1.50 bits per heavy atom. The van der Waals surface area contributed by atoms with Gasteiger partial charge in [-0.1, -0.05) is 39.5 Å². The molecule has 0 amide bonds. The summed E-state index contributed by atoms with van der Waals surface area (Å²) >= 11 is 0. The van der Waals surface area contributed by atoms with Gasteiger partial charge in [-0.3, -0.25) is 0 Å². The summed E-state index contributed by atoms with van der Waals surface area (Å²) in [7, 11) is 0. The lowest BCUT2D eigenvalue weighted by molar-refractivity contribution is 0.501. The van der Waals surface area contributed by atoms with Crippen LogP contribution in [0.5, 0.6) is 0 Å². The molecule has 0 rings (SSSR count). The van der Waals surface area contributed by atoms with E-state index in [2.05, 4.69) is 6.58 Å². The number of allylic oxidation sites excluding steroid dienone is 3. The van der Waals surface area contributed by atoms with Gasteiger partial charge < -0.3 is 0 Å². The summed E-state index contributed by atoms with van der Waals surface area (Å²) in [5.41, 5.74) is 0.989. The molecule has 0 fully saturated rings. The van der Waals surface area contributed by atoms with Crippen LogP contribution in [0.3, 0.4) is 0 Å². The van der Waals surface area contributed by atoms with Gasteiger partial charge in [0.05, 0.1) is 0 Å². The topological polar surface area (TPSA) is 0 Å². The minimum absolute atomic E-state index is 0.0217. The summed E-state index contributed by atoms with van der Waals surface area (Å²) in [4.78, 5) is 0. The summed E-state index contributed by atoms with van der Waals surface area (Å²) in [6.45, 7) is 9.32. The molecule has 0 nitrogen and oxygen atoms in total. The fraction of sp³-hybridized carbons (Fsp3) is 0.556. The highest BCUT2D eigenvalue weighted by Gasteiger charge is 2.12. The smallest absolute Gasteiger partial charge is 0.108 e. The van der Waals surface area contributed by atoms with Gasteiger partial charge >= 0.3 is 0 Å². The molecule has 0 aliphatic carbocycles. The molecule has 0 N–H and O–H groups in total. The van der Waals surface area contributed by atoms with E-state index in [9.17, 15) is 4.39 Å². The molecule has 0 aromatic carbocycles. The van der Waals surface area contributed by atoms with Crippen molar-refractivity contribution in [2.24, 2.45) is 5.41 Å². The van der Waals surface area contributed by atoms with Crippen molar-refractivity contribution < 1.29 is 4.39 Å². The van der Waals surface area contributed by atoms with Crippen LogP contribution in [0.25, 0.3) is 0 Å². The van der Waals surface area contributed by atoms with Crippen LogP contribution in [0.15, 0.2) is 24.3 Å². The zero-order chi connectivity index (χ0) is 8.20. The second-order valence-corrected chi connectivity index (χ2v) is 3.27. The highest BCUT2D eigenvalue weighted by atomic mass is 19.1. The van der Waals surface area contributed by atoms with Crippen molar-refractivity contribution in [1.29, 1.82) is 0 Å². The van der Waals surface area contributed by atoms with Crippen LogP contribution < -0.4 is 0 Å². The molecule has 1 heteroatoms. The zero-order valence-electron chi connectivity index (χ0n) is 6.95. The second kappa shape index (κ2) is 3.55. The maximum absolute atomic E-state index is 11.8. The molecule has 0 unspecified atom stereocenters. The van der Waals surface area contributed by atoms with Gasteiger partial charge in [-0.15, -0.1) is 0 Å². The van der Waals surface area contributed by atoms with E-state index in [4.69, 9.17) is 0 Å². The van der Waals surface area contributed by atoms with E-state index in [1.165, 1.54) is 0 Å². The van der Waals surface area contributed by atoms with Gasteiger partial charge in [-0.25, -0.2) is 4.39 Å². The molecule has 0 aromatic heterocycles. The maximum Gasteiger partial charge on any atom is 0.108 e. The predicted octanol–water partition coefficient (Wildman–Crippen LogP) is 3.11. The molecule has 0 heterocycles. The van der Waals surface area contributed by atoms with Crippen LogP contribution in [0.4, 0.5) is 4.39 Å². The van der Waals surface area contributed by atoms with Crippen molar-refractivity contribution in [1.82, 2.24) is 0 Å². The van der Waals surface area contributed by atoms with Crippen LogP contribution in [0, 0.1) is 5.41 Å². The van der Waals surface area contributed by atoms with Crippen LogP contribution in [-0.2, 0) is 0 Å². The summed E-state index contributed by atoms with van der Waals surface area (Å²) in [5.74, 6) is 0. The van der Waals surface area contributed by atoms with Gasteiger partial charge in [0.15, 0.2) is 0 Å². The van der Waals surface area contributed by atoms with Gasteiger partial charge in [0, 0.05) is 0 Å². The lowest BCUT2D eigenvalue weighted by Gasteiger charge is -2.19. The predicted molar refractivity (Wildman–Crippen MR) is 43.7 cm³/mol. The number of hydrogen-bond acceptors (Lipinski definition) is 0. The Kier molecular flexibility index (Phi) is 3.34. The molecule has 0 aliphatic heterocycles. The number of rotatable bonds is 2. The fourth-order valence-electron chi connectivity index (χ4n) is 0.779. The zero-order valence-corrected chi connectivity index (χ0v) is 6.95. The lowest BCUT2D eigenvalue weighted by atomic mass is 9.86. The average Bonchev–Trinajstić information content (AvgIpc) is 1.80. The van der Waals surface area contributed by atoms with Crippen molar-refractivity contribution in [3.8, 4) is 0 Å². The monoisotopic (exact) mass is 142 g/mol. The Morgan fingerprint density at radius 3 is 2.10 bits per heavy atom. The molecule has 0 saturated heterocycles. The lowest BCUT2D eigenvalue weighted by Crippen LogP contribution is -2.07. The summed E-state index contributed by atoms with van der Waals surface area (Å²) in [5, 5.41) is 0. The van der Waals surface area contributed by atoms with Gasteiger partial charge in [0.2, 0.25) is 0 Å². The van der Waals surface area contributed by atoms with E-state index >= 15 is 0 Å². The molecule has 10 heavy (non-hydrogen) atoms. The Bertz CT molecular complexity index is 137. The summed E-state index contributed by atoms with van der Waals surface area (Å²) < 4.78 is 11.8. The minimum atomic E-state index is -0.404. The number of halogens is 1. The standard InChI is InChI=1S/C9H15F/c1-5-8(6-7-10)9(2,3)4/h5-6H,1,7H2,2-4H3. The first-order chi connectivity index (χ1) is 4.52. The summed E-state index contributed by atoms with van der Waals surface area (Å²) in [6, 6.07) is 0. The molecule has 0 spiro atoms. The van der Waals surface area contributed by atoms with E-state index in [-0.39, 0.29) is 5.41 Å². The third kappa shape index (κ3) is 2.81. The Hall–Kier alpha value is -0.590. The molecule has 0 bridgehead atoms. The quantitative estimate of drug-likeness (QED) is 0.520. The van der Waals surface area contributed by atoms with E-state index in [1.54, 1.807) is 12.2 Å². The SMILES string of the molecule is C=CC(=CCF)C(C)(C)C. The van der Waals surface area contributed by atoms with Crippen molar-refractivity contribution in [2.75, 3.05) is 6.67 Å². The Morgan fingerprint density at radius 2 is 2.00 bits per heavy atom. The summed E-state index contributed by atoms with van der Waals surface area (Å²) in [6.07, 6.45) is 3.27. The average molecular weight is 142 g/mol. The largest absolute Gasteiger partial charge is 0.247 e. The molecule has 0 radical (unpaired) electrons. The molecular weight excluding hydrogens is 127 g/mol. The normalized spacial score (nSPS) is 13.4. The first-order valence-corrected chi connectivity index (χ1v) is 3.41. The molecule has 0 aromatic rings. The second-order valence-electron chi connectivity index (χ2n) is 3.27. The minimum Gasteiger partial charge on any atom is -0.247 e. The van der Waals surface area contributed by atoms with Gasteiger partial charge in [-0.2, -0.15) is 0 Å². The van der Waals surface area contributed by atoms with Crippen molar-refractivity contribution in [2.45, 2.75) is 20.8 Å². The highest BCUT2D eigenvalue weighted by Crippen LogP contribution is 2.25. The van der Waals surface area contributed by atoms with Gasteiger partial charge in [-0.05, 0) is 11.0 Å². The van der Waals surface area contributed by atoms with Gasteiger partial charge in [0.1, 0.15) is 6.67 Å². The van der Waals surface area contributed by atoms with E-state index in [0.717, 1.165) is 5.57 Å². The molecule has 0 saturated carbocycles. The molecule has 0 aliphatic rings. The number of hydrogen-bond donors (Lipinski definition) is 0. The Labute approximate surface area is 62.4 Å². The van der Waals surface area contributed by atoms with Crippen molar-refractivity contribution >= 4 is 0 Å². The Balaban J connectivity index is 4.36. The number of alkyl halides is 1. The third-order valence-electron chi connectivity index (χ3n) is 1.38. The van der Waals surface area contributed by atoms with Crippen LogP contribution in [0.1, 0.15) is 20.8 Å². The van der Waals surface area contributed by atoms with Crippen molar-refractivity contribution in [3.05, 3.63) is 24.3 Å². The van der Waals surface area contributed by atoms with Crippen LogP contribution in [0.2, 0.25) is 0 Å². The van der Waals surface area contributed by atoms with Gasteiger partial charge in [0.25, 0.3) is 0 Å². The van der Waals surface area contributed by atoms with E-state index in [0.29, 0.717) is 0 Å². The molecule has 0 atom stereocenters. The maximum atomic E-state index is 11.8. The third-order valence-corrected chi connectivity index (χ3v) is 1.38. The van der Waals surface area contributed by atoms with E-state index < -0.39 is 6.67 Å². The first kappa shape index (κ1) is 9.41. The molecular formula is C9H15F. The van der Waals surface area contributed by atoms with E-state index in [1.807, 2.05) is 20.8 Å². The first-order valence-electron chi connectivity index (χ1n) is 3.41. The molecule has 58 valence electrons. The van der Waals surface area contributed by atoms with Crippen LogP contribution >= 0.6 is 0 Å². The highest BCUT2D eigenvalue weighted by molar-refractivity contribution is 5.22.